The highest BCUT2D eigenvalue weighted by Crippen LogP contribution is 2.39. The first-order chi connectivity index (χ1) is 6.31. The van der Waals surface area contributed by atoms with Gasteiger partial charge in [-0.1, -0.05) is 6.08 Å². The van der Waals surface area contributed by atoms with Crippen LogP contribution in [0.4, 0.5) is 0 Å². The lowest BCUT2D eigenvalue weighted by atomic mass is 10.3. The molecule has 13 heavy (non-hydrogen) atoms. The van der Waals surface area contributed by atoms with E-state index in [0.29, 0.717) is 12.0 Å². The number of carbonyl (C=O) groups is 2. The average Bonchev–Trinajstić information content (AvgIpc) is 3.02. The Morgan fingerprint density at radius 3 is 2.38 bits per heavy atom. The van der Waals surface area contributed by atoms with Crippen molar-refractivity contribution in [3.63, 3.8) is 0 Å². The van der Waals surface area contributed by atoms with Crippen LogP contribution in [-0.4, -0.2) is 18.7 Å². The Balaban J connectivity index is 0.000000396. The van der Waals surface area contributed by atoms with Crippen molar-refractivity contribution >= 4 is 12.7 Å². The van der Waals surface area contributed by atoms with Crippen LogP contribution >= 0.6 is 0 Å². The maximum absolute atomic E-state index is 11.3. The second-order valence-electron chi connectivity index (χ2n) is 3.52. The molecule has 0 saturated heterocycles. The van der Waals surface area contributed by atoms with E-state index < -0.39 is 0 Å². The minimum absolute atomic E-state index is 0.248. The third kappa shape index (κ3) is 2.68. The van der Waals surface area contributed by atoms with Crippen LogP contribution in [0.25, 0.3) is 0 Å². The van der Waals surface area contributed by atoms with Crippen molar-refractivity contribution < 1.29 is 9.59 Å². The largest absolute Gasteiger partial charge is 0.353 e. The van der Waals surface area contributed by atoms with E-state index in [1.54, 1.807) is 0 Å². The molecule has 0 aromatic carbocycles. The minimum Gasteiger partial charge on any atom is -0.353 e. The van der Waals surface area contributed by atoms with Crippen LogP contribution in [0.1, 0.15) is 19.3 Å². The van der Waals surface area contributed by atoms with Crippen molar-refractivity contribution in [1.82, 2.24) is 5.32 Å². The van der Waals surface area contributed by atoms with Crippen molar-refractivity contribution in [3.8, 4) is 0 Å². The highest BCUT2D eigenvalue weighted by Gasteiger charge is 2.42. The normalized spacial score (nSPS) is 29.5. The number of hydrogen-bond acceptors (Lipinski definition) is 2. The van der Waals surface area contributed by atoms with Gasteiger partial charge in [-0.2, -0.15) is 0 Å². The monoisotopic (exact) mass is 181 g/mol. The first-order valence-electron chi connectivity index (χ1n) is 4.53. The topological polar surface area (TPSA) is 46.2 Å². The number of hydrogen-bond donors (Lipinski definition) is 1. The van der Waals surface area contributed by atoms with E-state index in [2.05, 4.69) is 11.9 Å². The van der Waals surface area contributed by atoms with Crippen LogP contribution in [0.2, 0.25) is 0 Å². The summed E-state index contributed by atoms with van der Waals surface area (Å²) in [5.74, 6) is 0.972. The van der Waals surface area contributed by atoms with Crippen molar-refractivity contribution in [2.24, 2.45) is 11.8 Å². The van der Waals surface area contributed by atoms with Gasteiger partial charge in [0.25, 0.3) is 0 Å². The summed E-state index contributed by atoms with van der Waals surface area (Å²) in [5, 5.41) is 2.99. The third-order valence-corrected chi connectivity index (χ3v) is 2.40. The molecule has 3 heteroatoms. The first kappa shape index (κ1) is 9.96. The zero-order valence-electron chi connectivity index (χ0n) is 7.66. The predicted octanol–water partition coefficient (Wildman–Crippen LogP) is 0.902. The lowest BCUT2D eigenvalue weighted by molar-refractivity contribution is -0.122. The number of allylic oxidation sites excluding steroid dienone is 1. The number of carbonyl (C=O) groups excluding carboxylic acids is 2. The summed E-state index contributed by atoms with van der Waals surface area (Å²) in [4.78, 5) is 19.3. The summed E-state index contributed by atoms with van der Waals surface area (Å²) in [5.41, 5.74) is 0. The zero-order chi connectivity index (χ0) is 9.84. The Labute approximate surface area is 78.2 Å². The Morgan fingerprint density at radius 1 is 1.38 bits per heavy atom. The molecule has 2 unspecified atom stereocenters. The van der Waals surface area contributed by atoms with Gasteiger partial charge in [0.1, 0.15) is 6.79 Å². The van der Waals surface area contributed by atoms with Gasteiger partial charge < -0.3 is 10.1 Å². The Kier molecular flexibility index (Phi) is 3.23. The predicted molar refractivity (Wildman–Crippen MR) is 50.1 cm³/mol. The van der Waals surface area contributed by atoms with Crippen LogP contribution in [0.15, 0.2) is 12.7 Å². The minimum atomic E-state index is 0.248. The van der Waals surface area contributed by atoms with Gasteiger partial charge in [-0.25, -0.2) is 0 Å². The maximum Gasteiger partial charge on any atom is 0.223 e. The highest BCUT2D eigenvalue weighted by atomic mass is 16.2. The molecule has 0 aliphatic heterocycles. The Hall–Kier alpha value is -1.12. The molecule has 2 rings (SSSR count). The maximum atomic E-state index is 11.3. The fourth-order valence-electron chi connectivity index (χ4n) is 1.31. The molecule has 2 fully saturated rings. The van der Waals surface area contributed by atoms with E-state index in [-0.39, 0.29) is 11.8 Å². The molecule has 0 spiro atoms. The van der Waals surface area contributed by atoms with E-state index in [4.69, 9.17) is 4.79 Å². The number of nitrogens with one attached hydrogen (secondary N) is 1. The quantitative estimate of drug-likeness (QED) is 0.657. The SMILES string of the molecule is C=CC1CC1C(=O)NC1CC1.C=O. The van der Waals surface area contributed by atoms with Crippen LogP contribution in [0, 0.1) is 11.8 Å². The fraction of sp³-hybridized carbons (Fsp3) is 0.600. The van der Waals surface area contributed by atoms with Crippen molar-refractivity contribution in [2.45, 2.75) is 25.3 Å². The molecule has 2 aliphatic rings. The highest BCUT2D eigenvalue weighted by molar-refractivity contribution is 5.82. The van der Waals surface area contributed by atoms with Crippen LogP contribution in [0.5, 0.6) is 0 Å². The van der Waals surface area contributed by atoms with E-state index in [0.717, 1.165) is 6.42 Å². The van der Waals surface area contributed by atoms with Gasteiger partial charge in [0.15, 0.2) is 0 Å². The number of rotatable bonds is 3. The molecule has 1 N–H and O–H groups in total. The standard InChI is InChI=1S/C9H13NO.CH2O/c1-2-6-5-8(6)9(11)10-7-3-4-7;1-2/h2,6-8H,1,3-5H2,(H,10,11);1H2. The van der Waals surface area contributed by atoms with Crippen molar-refractivity contribution in [3.05, 3.63) is 12.7 Å². The lowest BCUT2D eigenvalue weighted by Crippen LogP contribution is -2.27. The van der Waals surface area contributed by atoms with Gasteiger partial charge in [-0.15, -0.1) is 6.58 Å². The second kappa shape index (κ2) is 4.21. The number of amides is 1. The fourth-order valence-corrected chi connectivity index (χ4v) is 1.31. The van der Waals surface area contributed by atoms with E-state index >= 15 is 0 Å². The van der Waals surface area contributed by atoms with Gasteiger partial charge in [-0.05, 0) is 25.2 Å². The van der Waals surface area contributed by atoms with E-state index in [9.17, 15) is 4.79 Å². The molecule has 0 aromatic rings. The molecule has 0 radical (unpaired) electrons. The summed E-state index contributed by atoms with van der Waals surface area (Å²) >= 11 is 0. The second-order valence-corrected chi connectivity index (χ2v) is 3.52. The molecule has 0 heterocycles. The third-order valence-electron chi connectivity index (χ3n) is 2.40. The summed E-state index contributed by atoms with van der Waals surface area (Å²) in [6, 6.07) is 0.508. The van der Waals surface area contributed by atoms with Gasteiger partial charge in [0, 0.05) is 12.0 Å². The summed E-state index contributed by atoms with van der Waals surface area (Å²) in [6.45, 7) is 5.67. The Bertz CT molecular complexity index is 211. The molecule has 0 bridgehead atoms. The molecule has 0 aromatic heterocycles. The summed E-state index contributed by atoms with van der Waals surface area (Å²) < 4.78 is 0. The molecule has 72 valence electrons. The van der Waals surface area contributed by atoms with E-state index in [1.807, 2.05) is 12.9 Å². The smallest absolute Gasteiger partial charge is 0.223 e. The van der Waals surface area contributed by atoms with Gasteiger partial charge in [-0.3, -0.25) is 4.79 Å². The van der Waals surface area contributed by atoms with Crippen molar-refractivity contribution in [2.75, 3.05) is 0 Å². The molecular weight excluding hydrogens is 166 g/mol. The average molecular weight is 181 g/mol. The molecule has 2 saturated carbocycles. The van der Waals surface area contributed by atoms with Gasteiger partial charge in [0.05, 0.1) is 0 Å². The van der Waals surface area contributed by atoms with Gasteiger partial charge in [0.2, 0.25) is 5.91 Å². The summed E-state index contributed by atoms with van der Waals surface area (Å²) in [7, 11) is 0. The van der Waals surface area contributed by atoms with Gasteiger partial charge >= 0.3 is 0 Å². The Morgan fingerprint density at radius 2 is 2.00 bits per heavy atom. The molecular formula is C10H15NO2. The zero-order valence-corrected chi connectivity index (χ0v) is 7.66. The van der Waals surface area contributed by atoms with Crippen molar-refractivity contribution in [1.29, 1.82) is 0 Å². The lowest BCUT2D eigenvalue weighted by Gasteiger charge is -1.99. The van der Waals surface area contributed by atoms with Crippen LogP contribution < -0.4 is 5.32 Å². The molecule has 3 nitrogen and oxygen atoms in total. The van der Waals surface area contributed by atoms with E-state index in [1.165, 1.54) is 12.8 Å². The van der Waals surface area contributed by atoms with Crippen LogP contribution in [-0.2, 0) is 9.59 Å². The summed E-state index contributed by atoms with van der Waals surface area (Å²) in [6.07, 6.45) is 5.26. The van der Waals surface area contributed by atoms with Crippen LogP contribution in [0.3, 0.4) is 0 Å². The molecule has 1 amide bonds. The molecule has 2 atom stereocenters. The molecule has 2 aliphatic carbocycles. The first-order valence-corrected chi connectivity index (χ1v) is 4.53.